The lowest BCUT2D eigenvalue weighted by Crippen LogP contribution is -2.58. The van der Waals surface area contributed by atoms with E-state index < -0.39 is 5.60 Å². The molecule has 3 heteroatoms. The normalized spacial score (nSPS) is 48.6. The van der Waals surface area contributed by atoms with Gasteiger partial charge in [-0.3, -0.25) is 4.79 Å². The van der Waals surface area contributed by atoms with Crippen molar-refractivity contribution in [2.45, 2.75) is 111 Å². The van der Waals surface area contributed by atoms with Crippen LogP contribution in [0.4, 0.5) is 0 Å². The molecule has 0 radical (unpaired) electrons. The van der Waals surface area contributed by atoms with Crippen molar-refractivity contribution in [3.05, 3.63) is 0 Å². The molecule has 166 valence electrons. The molecule has 4 rings (SSSR count). The fraction of sp³-hybridized carbons (Fsp3) is 0.962. The first-order valence-corrected chi connectivity index (χ1v) is 12.4. The average molecular weight is 405 g/mol. The molecule has 9 atom stereocenters. The monoisotopic (exact) mass is 404 g/mol. The van der Waals surface area contributed by atoms with Crippen LogP contribution in [0, 0.1) is 46.3 Å². The Bertz CT molecular complexity index is 636. The van der Waals surface area contributed by atoms with Crippen molar-refractivity contribution < 1.29 is 15.0 Å². The van der Waals surface area contributed by atoms with Crippen molar-refractivity contribution in [1.29, 1.82) is 0 Å². The van der Waals surface area contributed by atoms with Crippen LogP contribution in [-0.2, 0) is 4.79 Å². The van der Waals surface area contributed by atoms with Crippen LogP contribution in [0.3, 0.4) is 0 Å². The molecule has 0 aromatic heterocycles. The zero-order chi connectivity index (χ0) is 21.2. The molecule has 0 heterocycles. The summed E-state index contributed by atoms with van der Waals surface area (Å²) < 4.78 is 0. The van der Waals surface area contributed by atoms with Crippen LogP contribution in [0.15, 0.2) is 0 Å². The molecule has 4 aliphatic rings. The summed E-state index contributed by atoms with van der Waals surface area (Å²) in [4.78, 5) is 13.7. The first kappa shape index (κ1) is 21.8. The predicted molar refractivity (Wildman–Crippen MR) is 116 cm³/mol. The number of fused-ring (bicyclic) bond motifs is 5. The second-order valence-electron chi connectivity index (χ2n) is 12.6. The molecule has 3 nitrogen and oxygen atoms in total. The van der Waals surface area contributed by atoms with Gasteiger partial charge in [0.05, 0.1) is 11.7 Å². The van der Waals surface area contributed by atoms with E-state index in [2.05, 4.69) is 20.8 Å². The minimum atomic E-state index is -0.598. The predicted octanol–water partition coefficient (Wildman–Crippen LogP) is 5.37. The van der Waals surface area contributed by atoms with Crippen molar-refractivity contribution >= 4 is 5.78 Å². The topological polar surface area (TPSA) is 57.5 Å². The largest absolute Gasteiger partial charge is 0.393 e. The number of hydrogen-bond donors (Lipinski definition) is 2. The number of Topliss-reactive ketones (excluding diaryl/α,β-unsaturated/α-hetero) is 1. The van der Waals surface area contributed by atoms with E-state index in [0.29, 0.717) is 35.4 Å². The van der Waals surface area contributed by atoms with Gasteiger partial charge in [0.1, 0.15) is 5.78 Å². The Morgan fingerprint density at radius 2 is 1.83 bits per heavy atom. The van der Waals surface area contributed by atoms with E-state index in [0.717, 1.165) is 38.5 Å². The van der Waals surface area contributed by atoms with Gasteiger partial charge in [-0.05, 0) is 112 Å². The van der Waals surface area contributed by atoms with Crippen LogP contribution in [0.2, 0.25) is 0 Å². The molecule has 0 spiro atoms. The zero-order valence-corrected chi connectivity index (χ0v) is 19.4. The van der Waals surface area contributed by atoms with Gasteiger partial charge in [0.25, 0.3) is 0 Å². The van der Waals surface area contributed by atoms with Gasteiger partial charge in [-0.15, -0.1) is 0 Å². The number of ketones is 1. The summed E-state index contributed by atoms with van der Waals surface area (Å²) in [5.74, 6) is 3.73. The number of hydrogen-bond acceptors (Lipinski definition) is 3. The van der Waals surface area contributed by atoms with E-state index in [1.807, 2.05) is 13.8 Å². The standard InChI is InChI=1S/C26H44O3/c1-16(10-12-24(2,3)29)20-8-9-21-19-7-6-17-14-18(27)11-13-25(17,4)23(19)22(28)15-26(20,21)5/h16-21,23,27,29H,6-15H2,1-5H3/t16-,17+,18+,19+,20?,21+,23-,25?,26?/m1/s1. The Morgan fingerprint density at radius 1 is 1.10 bits per heavy atom. The van der Waals surface area contributed by atoms with Crippen molar-refractivity contribution in [3.63, 3.8) is 0 Å². The third kappa shape index (κ3) is 3.63. The summed E-state index contributed by atoms with van der Waals surface area (Å²) in [6, 6.07) is 0. The molecule has 0 aromatic rings. The fourth-order valence-electron chi connectivity index (χ4n) is 8.80. The molecule has 29 heavy (non-hydrogen) atoms. The molecular weight excluding hydrogens is 360 g/mol. The van der Waals surface area contributed by atoms with Crippen LogP contribution >= 0.6 is 0 Å². The Morgan fingerprint density at radius 3 is 2.52 bits per heavy atom. The molecular formula is C26H44O3. The summed E-state index contributed by atoms with van der Waals surface area (Å²) in [6.07, 6.45) is 10.2. The zero-order valence-electron chi connectivity index (χ0n) is 19.4. The van der Waals surface area contributed by atoms with E-state index in [9.17, 15) is 15.0 Å². The minimum absolute atomic E-state index is 0.116. The number of carbonyl (C=O) groups excluding carboxylic acids is 1. The third-order valence-corrected chi connectivity index (χ3v) is 10.3. The van der Waals surface area contributed by atoms with E-state index >= 15 is 0 Å². The third-order valence-electron chi connectivity index (χ3n) is 10.3. The Balaban J connectivity index is 1.55. The molecule has 2 N–H and O–H groups in total. The molecule has 0 saturated heterocycles. The van der Waals surface area contributed by atoms with Crippen molar-refractivity contribution in [2.75, 3.05) is 0 Å². The van der Waals surface area contributed by atoms with Crippen LogP contribution in [0.5, 0.6) is 0 Å². The van der Waals surface area contributed by atoms with Crippen LogP contribution in [0.25, 0.3) is 0 Å². The first-order chi connectivity index (χ1) is 13.5. The van der Waals surface area contributed by atoms with Crippen molar-refractivity contribution in [3.8, 4) is 0 Å². The summed E-state index contributed by atoms with van der Waals surface area (Å²) in [6.45, 7) is 11.0. The number of aliphatic hydroxyl groups is 2. The van der Waals surface area contributed by atoms with Gasteiger partial charge in [0, 0.05) is 12.3 Å². The van der Waals surface area contributed by atoms with Gasteiger partial charge >= 0.3 is 0 Å². The van der Waals surface area contributed by atoms with Crippen LogP contribution in [-0.4, -0.2) is 27.7 Å². The number of aliphatic hydroxyl groups excluding tert-OH is 1. The van der Waals surface area contributed by atoms with Gasteiger partial charge in [-0.25, -0.2) is 0 Å². The summed E-state index contributed by atoms with van der Waals surface area (Å²) >= 11 is 0. The van der Waals surface area contributed by atoms with E-state index in [-0.39, 0.29) is 22.9 Å². The summed E-state index contributed by atoms with van der Waals surface area (Å²) in [5.41, 5.74) is -0.334. The van der Waals surface area contributed by atoms with Crippen LogP contribution < -0.4 is 0 Å². The SMILES string of the molecule is C[C@H](CCC(C)(C)O)C1CC[C@H]2[C@@H]3CC[C@H]4C[C@@H](O)CCC4(C)[C@H]3C(=O)CC12C. The van der Waals surface area contributed by atoms with Crippen LogP contribution in [0.1, 0.15) is 98.8 Å². The smallest absolute Gasteiger partial charge is 0.137 e. The minimum Gasteiger partial charge on any atom is -0.393 e. The quantitative estimate of drug-likeness (QED) is 0.662. The van der Waals surface area contributed by atoms with Gasteiger partial charge in [0.2, 0.25) is 0 Å². The maximum Gasteiger partial charge on any atom is 0.137 e. The highest BCUT2D eigenvalue weighted by Gasteiger charge is 2.63. The Labute approximate surface area is 178 Å². The van der Waals surface area contributed by atoms with Gasteiger partial charge in [-0.2, -0.15) is 0 Å². The fourth-order valence-corrected chi connectivity index (χ4v) is 8.80. The molecule has 4 aliphatic carbocycles. The maximum absolute atomic E-state index is 13.7. The summed E-state index contributed by atoms with van der Waals surface area (Å²) in [5, 5.41) is 20.4. The summed E-state index contributed by atoms with van der Waals surface area (Å²) in [7, 11) is 0. The maximum atomic E-state index is 13.7. The van der Waals surface area contributed by atoms with Crippen molar-refractivity contribution in [2.24, 2.45) is 46.3 Å². The lowest BCUT2D eigenvalue weighted by Gasteiger charge is -2.60. The molecule has 4 saturated carbocycles. The number of rotatable bonds is 4. The Hall–Kier alpha value is -0.410. The lowest BCUT2D eigenvalue weighted by atomic mass is 9.44. The highest BCUT2D eigenvalue weighted by molar-refractivity contribution is 5.84. The lowest BCUT2D eigenvalue weighted by molar-refractivity contribution is -0.162. The average Bonchev–Trinajstić information content (AvgIpc) is 2.96. The highest BCUT2D eigenvalue weighted by Crippen LogP contribution is 2.67. The highest BCUT2D eigenvalue weighted by atomic mass is 16.3. The molecule has 0 bridgehead atoms. The number of carbonyl (C=O) groups is 1. The van der Waals surface area contributed by atoms with E-state index in [1.54, 1.807) is 0 Å². The molecule has 3 unspecified atom stereocenters. The second kappa shape index (κ2) is 7.33. The van der Waals surface area contributed by atoms with E-state index in [1.165, 1.54) is 25.7 Å². The molecule has 0 aliphatic heterocycles. The Kier molecular flexibility index (Phi) is 5.51. The van der Waals surface area contributed by atoms with E-state index in [4.69, 9.17) is 0 Å². The van der Waals surface area contributed by atoms with Gasteiger partial charge in [-0.1, -0.05) is 20.8 Å². The first-order valence-electron chi connectivity index (χ1n) is 12.4. The van der Waals surface area contributed by atoms with Crippen molar-refractivity contribution in [1.82, 2.24) is 0 Å². The second-order valence-corrected chi connectivity index (χ2v) is 12.6. The van der Waals surface area contributed by atoms with Gasteiger partial charge < -0.3 is 10.2 Å². The van der Waals surface area contributed by atoms with Gasteiger partial charge in [0.15, 0.2) is 0 Å². The molecule has 0 aromatic carbocycles. The molecule has 4 fully saturated rings. The molecule has 0 amide bonds.